The summed E-state index contributed by atoms with van der Waals surface area (Å²) in [5, 5.41) is 6.04. The molecule has 0 unspecified atom stereocenters. The summed E-state index contributed by atoms with van der Waals surface area (Å²) in [6, 6.07) is 14.8. The van der Waals surface area contributed by atoms with E-state index in [1.54, 1.807) is 12.1 Å². The smallest absolute Gasteiger partial charge is 0.252 e. The predicted molar refractivity (Wildman–Crippen MR) is 99.3 cm³/mol. The van der Waals surface area contributed by atoms with Gasteiger partial charge in [0.1, 0.15) is 12.1 Å². The van der Waals surface area contributed by atoms with Crippen molar-refractivity contribution in [3.05, 3.63) is 53.0 Å². The summed E-state index contributed by atoms with van der Waals surface area (Å²) in [5.74, 6) is -0.370. The number of para-hydroxylation sites is 2. The van der Waals surface area contributed by atoms with Gasteiger partial charge in [0.15, 0.2) is 0 Å². The number of carbonyl (C=O) groups is 2. The Morgan fingerprint density at radius 2 is 1.83 bits per heavy atom. The van der Waals surface area contributed by atoms with Crippen molar-refractivity contribution < 1.29 is 9.59 Å². The molecular formula is C18H18BrN3O2. The first-order chi connectivity index (χ1) is 11.4. The molecule has 1 aliphatic rings. The van der Waals surface area contributed by atoms with Crippen LogP contribution in [0.5, 0.6) is 0 Å². The highest BCUT2D eigenvalue weighted by Gasteiger charge is 2.39. The van der Waals surface area contributed by atoms with E-state index in [0.717, 1.165) is 10.2 Å². The minimum atomic E-state index is -0.758. The largest absolute Gasteiger partial charge is 0.370 e. The van der Waals surface area contributed by atoms with Gasteiger partial charge in [0.25, 0.3) is 5.91 Å². The first-order valence-electron chi connectivity index (χ1n) is 7.61. The molecule has 0 bridgehead atoms. The van der Waals surface area contributed by atoms with Crippen LogP contribution in [0.15, 0.2) is 53.0 Å². The fourth-order valence-electron chi connectivity index (χ4n) is 2.69. The van der Waals surface area contributed by atoms with Crippen LogP contribution in [0.1, 0.15) is 13.8 Å². The van der Waals surface area contributed by atoms with Crippen molar-refractivity contribution in [1.29, 1.82) is 0 Å². The van der Waals surface area contributed by atoms with Crippen molar-refractivity contribution in [1.82, 2.24) is 0 Å². The molecule has 0 aromatic heterocycles. The van der Waals surface area contributed by atoms with E-state index in [2.05, 4.69) is 26.6 Å². The second-order valence-corrected chi connectivity index (χ2v) is 7.13. The van der Waals surface area contributed by atoms with Gasteiger partial charge in [0.05, 0.1) is 11.4 Å². The van der Waals surface area contributed by atoms with Gasteiger partial charge in [-0.1, -0.05) is 28.1 Å². The number of anilines is 3. The van der Waals surface area contributed by atoms with Gasteiger partial charge in [0.2, 0.25) is 5.91 Å². The van der Waals surface area contributed by atoms with Crippen LogP contribution in [0.25, 0.3) is 0 Å². The molecule has 2 N–H and O–H groups in total. The Kier molecular flexibility index (Phi) is 4.32. The van der Waals surface area contributed by atoms with Gasteiger partial charge in [-0.3, -0.25) is 14.5 Å². The lowest BCUT2D eigenvalue weighted by Crippen LogP contribution is -2.55. The number of rotatable bonds is 3. The van der Waals surface area contributed by atoms with Gasteiger partial charge < -0.3 is 10.6 Å². The highest BCUT2D eigenvalue weighted by molar-refractivity contribution is 9.10. The number of hydrogen-bond donors (Lipinski definition) is 2. The standard InChI is InChI=1S/C18H18BrN3O2/c1-18(2)17(24)22(15-6-4-3-5-14(15)21-18)11-16(23)20-13-9-7-12(19)8-10-13/h3-10,21H,11H2,1-2H3,(H,20,23). The molecule has 0 radical (unpaired) electrons. The van der Waals surface area contributed by atoms with Gasteiger partial charge >= 0.3 is 0 Å². The molecule has 2 aromatic carbocycles. The van der Waals surface area contributed by atoms with E-state index in [4.69, 9.17) is 0 Å². The van der Waals surface area contributed by atoms with E-state index in [9.17, 15) is 9.59 Å². The maximum absolute atomic E-state index is 12.7. The van der Waals surface area contributed by atoms with Crippen LogP contribution in [0.3, 0.4) is 0 Å². The second-order valence-electron chi connectivity index (χ2n) is 6.21. The molecule has 3 rings (SSSR count). The molecule has 2 amide bonds. The number of fused-ring (bicyclic) bond motifs is 1. The molecule has 6 heteroatoms. The molecule has 1 aliphatic heterocycles. The summed E-state index contributed by atoms with van der Waals surface area (Å²) in [6.07, 6.45) is 0. The average molecular weight is 388 g/mol. The van der Waals surface area contributed by atoms with Crippen molar-refractivity contribution >= 4 is 44.8 Å². The minimum Gasteiger partial charge on any atom is -0.370 e. The third-order valence-corrected chi connectivity index (χ3v) is 4.38. The highest BCUT2D eigenvalue weighted by Crippen LogP contribution is 2.34. The number of halogens is 1. The topological polar surface area (TPSA) is 61.4 Å². The summed E-state index contributed by atoms with van der Waals surface area (Å²) in [4.78, 5) is 26.6. The normalized spacial score (nSPS) is 15.5. The maximum Gasteiger partial charge on any atom is 0.252 e. The number of carbonyl (C=O) groups excluding carboxylic acids is 2. The average Bonchev–Trinajstić information content (AvgIpc) is 2.54. The molecule has 0 saturated carbocycles. The van der Waals surface area contributed by atoms with E-state index in [1.165, 1.54) is 4.90 Å². The third-order valence-electron chi connectivity index (χ3n) is 3.85. The fraction of sp³-hybridized carbons (Fsp3) is 0.222. The van der Waals surface area contributed by atoms with E-state index < -0.39 is 5.54 Å². The Labute approximate surface area is 149 Å². The quantitative estimate of drug-likeness (QED) is 0.844. The van der Waals surface area contributed by atoms with Crippen molar-refractivity contribution in [2.24, 2.45) is 0 Å². The molecule has 0 spiro atoms. The van der Waals surface area contributed by atoms with Gasteiger partial charge in [-0.15, -0.1) is 0 Å². The van der Waals surface area contributed by atoms with Crippen molar-refractivity contribution in [3.63, 3.8) is 0 Å². The SMILES string of the molecule is CC1(C)Nc2ccccc2N(CC(=O)Nc2ccc(Br)cc2)C1=O. The van der Waals surface area contributed by atoms with Crippen LogP contribution < -0.4 is 15.5 Å². The fourth-order valence-corrected chi connectivity index (χ4v) is 2.95. The summed E-state index contributed by atoms with van der Waals surface area (Å²) < 4.78 is 0.938. The van der Waals surface area contributed by atoms with Gasteiger partial charge in [-0.2, -0.15) is 0 Å². The lowest BCUT2D eigenvalue weighted by atomic mass is 9.98. The number of hydrogen-bond acceptors (Lipinski definition) is 3. The van der Waals surface area contributed by atoms with Crippen LogP contribution in [0.4, 0.5) is 17.1 Å². The van der Waals surface area contributed by atoms with Crippen LogP contribution in [0.2, 0.25) is 0 Å². The Bertz CT molecular complexity index is 787. The Balaban J connectivity index is 1.81. The van der Waals surface area contributed by atoms with E-state index >= 15 is 0 Å². The number of benzene rings is 2. The molecule has 0 aliphatic carbocycles. The first kappa shape index (κ1) is 16.5. The van der Waals surface area contributed by atoms with Crippen molar-refractivity contribution in [2.75, 3.05) is 22.1 Å². The van der Waals surface area contributed by atoms with Gasteiger partial charge in [-0.05, 0) is 50.2 Å². The van der Waals surface area contributed by atoms with E-state index in [0.29, 0.717) is 11.4 Å². The predicted octanol–water partition coefficient (Wildman–Crippen LogP) is 3.62. The summed E-state index contributed by atoms with van der Waals surface area (Å²) in [7, 11) is 0. The highest BCUT2D eigenvalue weighted by atomic mass is 79.9. The number of amides is 2. The molecule has 2 aromatic rings. The minimum absolute atomic E-state index is 0.0307. The Hall–Kier alpha value is -2.34. The zero-order valence-electron chi connectivity index (χ0n) is 13.5. The number of nitrogens with one attached hydrogen (secondary N) is 2. The molecular weight excluding hydrogens is 370 g/mol. The lowest BCUT2D eigenvalue weighted by Gasteiger charge is -2.39. The number of nitrogens with zero attached hydrogens (tertiary/aromatic N) is 1. The first-order valence-corrected chi connectivity index (χ1v) is 8.41. The molecule has 24 heavy (non-hydrogen) atoms. The molecule has 1 heterocycles. The van der Waals surface area contributed by atoms with Crippen LogP contribution in [0, 0.1) is 0 Å². The Morgan fingerprint density at radius 1 is 1.17 bits per heavy atom. The van der Waals surface area contributed by atoms with Gasteiger partial charge in [-0.25, -0.2) is 0 Å². The zero-order valence-corrected chi connectivity index (χ0v) is 15.1. The summed E-state index contributed by atoms with van der Waals surface area (Å²) in [6.45, 7) is 3.59. The zero-order chi connectivity index (χ0) is 17.3. The molecule has 5 nitrogen and oxygen atoms in total. The van der Waals surface area contributed by atoms with Crippen molar-refractivity contribution in [3.8, 4) is 0 Å². The van der Waals surface area contributed by atoms with Crippen LogP contribution in [-0.2, 0) is 9.59 Å². The van der Waals surface area contributed by atoms with Crippen LogP contribution in [-0.4, -0.2) is 23.9 Å². The van der Waals surface area contributed by atoms with Crippen molar-refractivity contribution in [2.45, 2.75) is 19.4 Å². The molecule has 0 fully saturated rings. The van der Waals surface area contributed by atoms with Gasteiger partial charge in [0, 0.05) is 10.2 Å². The molecule has 0 atom stereocenters. The van der Waals surface area contributed by atoms with Crippen LogP contribution >= 0.6 is 15.9 Å². The summed E-state index contributed by atoms with van der Waals surface area (Å²) >= 11 is 3.36. The van der Waals surface area contributed by atoms with E-state index in [1.807, 2.05) is 50.2 Å². The second kappa shape index (κ2) is 6.28. The Morgan fingerprint density at radius 3 is 2.54 bits per heavy atom. The molecule has 124 valence electrons. The lowest BCUT2D eigenvalue weighted by molar-refractivity contribution is -0.124. The monoisotopic (exact) mass is 387 g/mol. The summed E-state index contributed by atoms with van der Waals surface area (Å²) in [5.41, 5.74) is 1.50. The van der Waals surface area contributed by atoms with E-state index in [-0.39, 0.29) is 18.4 Å². The maximum atomic E-state index is 12.7. The molecule has 0 saturated heterocycles. The third kappa shape index (κ3) is 3.28.